The van der Waals surface area contributed by atoms with Crippen molar-refractivity contribution in [3.8, 4) is 0 Å². The van der Waals surface area contributed by atoms with Crippen LogP contribution in [0.3, 0.4) is 0 Å². The van der Waals surface area contributed by atoms with Gasteiger partial charge in [-0.05, 0) is 41.3 Å². The number of alkyl halides is 1. The van der Waals surface area contributed by atoms with Crippen LogP contribution in [0.2, 0.25) is 0 Å². The van der Waals surface area contributed by atoms with E-state index in [0.717, 1.165) is 12.4 Å². The summed E-state index contributed by atoms with van der Waals surface area (Å²) in [5, 5.41) is 18.6. The quantitative estimate of drug-likeness (QED) is 0.804. The van der Waals surface area contributed by atoms with Crippen molar-refractivity contribution in [2.45, 2.75) is 18.2 Å². The zero-order valence-electron chi connectivity index (χ0n) is 8.54. The first kappa shape index (κ1) is 9.77. The van der Waals surface area contributed by atoms with E-state index in [9.17, 15) is 0 Å². The highest BCUT2D eigenvalue weighted by atomic mass is 35.5. The molecule has 6 nitrogen and oxygen atoms in total. The fourth-order valence-corrected chi connectivity index (χ4v) is 1.90. The first-order valence-electron chi connectivity index (χ1n) is 5.26. The van der Waals surface area contributed by atoms with Gasteiger partial charge in [-0.2, -0.15) is 0 Å². The average Bonchev–Trinajstić information content (AvgIpc) is 3.04. The SMILES string of the molecule is ClC(CNc1ccc2nnnn2n1)C1CC1. The van der Waals surface area contributed by atoms with E-state index in [-0.39, 0.29) is 5.38 Å². The number of fused-ring (bicyclic) bond motifs is 1. The molecular formula is C9H11ClN6. The van der Waals surface area contributed by atoms with E-state index in [1.165, 1.54) is 17.5 Å². The maximum absolute atomic E-state index is 6.19. The lowest BCUT2D eigenvalue weighted by Crippen LogP contribution is -2.17. The predicted molar refractivity (Wildman–Crippen MR) is 59.4 cm³/mol. The predicted octanol–water partition coefficient (Wildman–Crippen LogP) is 0.949. The molecule has 1 aliphatic carbocycles. The molecule has 2 heterocycles. The molecule has 1 saturated carbocycles. The summed E-state index contributed by atoms with van der Waals surface area (Å²) in [5.41, 5.74) is 0.634. The van der Waals surface area contributed by atoms with Crippen LogP contribution in [0.5, 0.6) is 0 Å². The van der Waals surface area contributed by atoms with Gasteiger partial charge >= 0.3 is 0 Å². The fraction of sp³-hybridized carbons (Fsp3) is 0.556. The van der Waals surface area contributed by atoms with Gasteiger partial charge in [0.25, 0.3) is 0 Å². The molecule has 0 bridgehead atoms. The lowest BCUT2D eigenvalue weighted by Gasteiger charge is -2.09. The van der Waals surface area contributed by atoms with Crippen LogP contribution >= 0.6 is 11.6 Å². The Morgan fingerprint density at radius 3 is 3.19 bits per heavy atom. The number of halogens is 1. The maximum atomic E-state index is 6.19. The minimum Gasteiger partial charge on any atom is -0.367 e. The van der Waals surface area contributed by atoms with Crippen molar-refractivity contribution >= 4 is 23.1 Å². The molecule has 7 heteroatoms. The molecule has 0 saturated heterocycles. The van der Waals surface area contributed by atoms with Crippen LogP contribution < -0.4 is 5.32 Å². The summed E-state index contributed by atoms with van der Waals surface area (Å²) in [4.78, 5) is 0. The number of rotatable bonds is 4. The van der Waals surface area contributed by atoms with Crippen LogP contribution in [0.4, 0.5) is 5.82 Å². The van der Waals surface area contributed by atoms with Gasteiger partial charge in [0.2, 0.25) is 0 Å². The summed E-state index contributed by atoms with van der Waals surface area (Å²) in [6.07, 6.45) is 2.49. The second-order valence-corrected chi connectivity index (χ2v) is 4.54. The fourth-order valence-electron chi connectivity index (χ4n) is 1.57. The Morgan fingerprint density at radius 2 is 2.38 bits per heavy atom. The van der Waals surface area contributed by atoms with Crippen molar-refractivity contribution in [1.29, 1.82) is 0 Å². The Kier molecular flexibility index (Phi) is 2.36. The molecule has 2 aromatic heterocycles. The minimum atomic E-state index is 0.186. The largest absolute Gasteiger partial charge is 0.367 e. The van der Waals surface area contributed by atoms with Gasteiger partial charge in [-0.1, -0.05) is 0 Å². The smallest absolute Gasteiger partial charge is 0.200 e. The molecule has 16 heavy (non-hydrogen) atoms. The Morgan fingerprint density at radius 1 is 1.50 bits per heavy atom. The number of tetrazole rings is 1. The van der Waals surface area contributed by atoms with Crippen LogP contribution in [-0.2, 0) is 0 Å². The average molecular weight is 239 g/mol. The van der Waals surface area contributed by atoms with E-state index in [0.29, 0.717) is 11.6 Å². The third-order valence-corrected chi connectivity index (χ3v) is 3.19. The minimum absolute atomic E-state index is 0.186. The van der Waals surface area contributed by atoms with Gasteiger partial charge < -0.3 is 5.32 Å². The molecule has 1 N–H and O–H groups in total. The van der Waals surface area contributed by atoms with Gasteiger partial charge in [0.1, 0.15) is 5.82 Å². The highest BCUT2D eigenvalue weighted by molar-refractivity contribution is 6.21. The summed E-state index contributed by atoms with van der Waals surface area (Å²) < 4.78 is 1.39. The van der Waals surface area contributed by atoms with Gasteiger partial charge in [-0.15, -0.1) is 26.4 Å². The first-order chi connectivity index (χ1) is 7.83. The highest BCUT2D eigenvalue weighted by Gasteiger charge is 2.29. The van der Waals surface area contributed by atoms with E-state index in [4.69, 9.17) is 11.6 Å². The Balaban J connectivity index is 1.68. The van der Waals surface area contributed by atoms with Crippen LogP contribution in [0, 0.1) is 5.92 Å². The molecule has 2 aromatic rings. The summed E-state index contributed by atoms with van der Waals surface area (Å²) in [5.74, 6) is 1.41. The third-order valence-electron chi connectivity index (χ3n) is 2.68. The van der Waals surface area contributed by atoms with Gasteiger partial charge in [0, 0.05) is 6.54 Å². The first-order valence-corrected chi connectivity index (χ1v) is 5.70. The topological polar surface area (TPSA) is 68.0 Å². The third kappa shape index (κ3) is 1.92. The van der Waals surface area contributed by atoms with Crippen LogP contribution in [0.25, 0.3) is 5.65 Å². The molecule has 1 aliphatic rings. The molecule has 3 rings (SSSR count). The van der Waals surface area contributed by atoms with Gasteiger partial charge in [-0.25, -0.2) is 0 Å². The Hall–Kier alpha value is -1.43. The van der Waals surface area contributed by atoms with Crippen molar-refractivity contribution in [1.82, 2.24) is 25.3 Å². The van der Waals surface area contributed by atoms with E-state index in [1.807, 2.05) is 12.1 Å². The molecule has 0 amide bonds. The van der Waals surface area contributed by atoms with Crippen molar-refractivity contribution in [3.63, 3.8) is 0 Å². The molecule has 0 aliphatic heterocycles. The second-order valence-electron chi connectivity index (χ2n) is 3.98. The zero-order chi connectivity index (χ0) is 11.0. The monoisotopic (exact) mass is 238 g/mol. The molecule has 84 valence electrons. The number of hydrogen-bond acceptors (Lipinski definition) is 5. The van der Waals surface area contributed by atoms with Crippen LogP contribution in [0.1, 0.15) is 12.8 Å². The molecule has 1 unspecified atom stereocenters. The summed E-state index contributed by atoms with van der Waals surface area (Å²) in [6, 6.07) is 3.66. The number of hydrogen-bond donors (Lipinski definition) is 1. The van der Waals surface area contributed by atoms with Gasteiger partial charge in [0.05, 0.1) is 5.38 Å². The standard InChI is InChI=1S/C9H11ClN6/c10-7(6-1-2-6)5-11-8-3-4-9-12-14-15-16(9)13-8/h3-4,6-7H,1-2,5H2,(H,11,13). The van der Waals surface area contributed by atoms with Gasteiger partial charge in [0.15, 0.2) is 5.65 Å². The maximum Gasteiger partial charge on any atom is 0.200 e. The lowest BCUT2D eigenvalue weighted by atomic mass is 10.3. The molecule has 0 radical (unpaired) electrons. The van der Waals surface area contributed by atoms with Crippen molar-refractivity contribution in [3.05, 3.63) is 12.1 Å². The van der Waals surface area contributed by atoms with Gasteiger partial charge in [-0.3, -0.25) is 0 Å². The molecule has 0 spiro atoms. The summed E-state index contributed by atoms with van der Waals surface area (Å²) in [6.45, 7) is 0.729. The van der Waals surface area contributed by atoms with Crippen molar-refractivity contribution in [2.24, 2.45) is 5.92 Å². The normalized spacial score (nSPS) is 17.6. The van der Waals surface area contributed by atoms with Crippen molar-refractivity contribution in [2.75, 3.05) is 11.9 Å². The van der Waals surface area contributed by atoms with E-state index >= 15 is 0 Å². The van der Waals surface area contributed by atoms with Crippen LogP contribution in [-0.4, -0.2) is 37.2 Å². The Bertz CT molecular complexity index is 493. The number of nitrogens with zero attached hydrogens (tertiary/aromatic N) is 5. The van der Waals surface area contributed by atoms with E-state index < -0.39 is 0 Å². The molecule has 1 fully saturated rings. The van der Waals surface area contributed by atoms with Crippen LogP contribution in [0.15, 0.2) is 12.1 Å². The molecular weight excluding hydrogens is 228 g/mol. The van der Waals surface area contributed by atoms with E-state index in [2.05, 4.69) is 25.9 Å². The highest BCUT2D eigenvalue weighted by Crippen LogP contribution is 2.35. The van der Waals surface area contributed by atoms with Crippen molar-refractivity contribution < 1.29 is 0 Å². The number of nitrogens with one attached hydrogen (secondary N) is 1. The second kappa shape index (κ2) is 3.86. The zero-order valence-corrected chi connectivity index (χ0v) is 9.30. The summed E-state index contributed by atoms with van der Waals surface area (Å²) >= 11 is 6.19. The van der Waals surface area contributed by atoms with E-state index in [1.54, 1.807) is 0 Å². The number of anilines is 1. The summed E-state index contributed by atoms with van der Waals surface area (Å²) in [7, 11) is 0. The molecule has 0 aromatic carbocycles. The number of aromatic nitrogens is 5. The lowest BCUT2D eigenvalue weighted by molar-refractivity contribution is 0.725. The Labute approximate surface area is 97.0 Å². The molecule has 1 atom stereocenters.